The third kappa shape index (κ3) is 2.93. The molecule has 0 aliphatic rings. The van der Waals surface area contributed by atoms with Crippen LogP contribution in [0.2, 0.25) is 0 Å². The number of hydrogen-bond donors (Lipinski definition) is 1. The van der Waals surface area contributed by atoms with Crippen molar-refractivity contribution >= 4 is 0 Å². The van der Waals surface area contributed by atoms with Gasteiger partial charge < -0.3 is 9.84 Å². The van der Waals surface area contributed by atoms with Crippen molar-refractivity contribution in [3.8, 4) is 0 Å². The first-order valence-electron chi connectivity index (χ1n) is 6.77. The van der Waals surface area contributed by atoms with Crippen molar-refractivity contribution in [1.29, 1.82) is 0 Å². The predicted molar refractivity (Wildman–Crippen MR) is 72.6 cm³/mol. The molecule has 1 heterocycles. The Morgan fingerprint density at radius 3 is 2.39 bits per heavy atom. The normalized spacial score (nSPS) is 13.9. The zero-order chi connectivity index (χ0) is 13.8. The summed E-state index contributed by atoms with van der Waals surface area (Å²) < 4.78 is 7.42. The topological polar surface area (TPSA) is 47.3 Å². The van der Waals surface area contributed by atoms with Crippen molar-refractivity contribution in [3.63, 3.8) is 0 Å². The Labute approximate surface area is 110 Å². The number of hydrogen-bond acceptors (Lipinski definition) is 3. The van der Waals surface area contributed by atoms with Gasteiger partial charge >= 0.3 is 0 Å². The molecule has 4 heteroatoms. The second-order valence-electron chi connectivity index (χ2n) is 4.80. The molecular weight excluding hydrogens is 228 g/mol. The molecule has 1 unspecified atom stereocenters. The number of ether oxygens (including phenoxy) is 1. The maximum absolute atomic E-state index is 10.5. The summed E-state index contributed by atoms with van der Waals surface area (Å²) in [6, 6.07) is 2.06. The van der Waals surface area contributed by atoms with Gasteiger partial charge in [-0.2, -0.15) is 5.10 Å². The lowest BCUT2D eigenvalue weighted by Gasteiger charge is -2.35. The molecule has 0 aliphatic heterocycles. The quantitative estimate of drug-likeness (QED) is 0.810. The number of methoxy groups -OCH3 is 1. The Morgan fingerprint density at radius 2 is 2.00 bits per heavy atom. The van der Waals surface area contributed by atoms with Crippen LogP contribution in [-0.4, -0.2) is 33.7 Å². The van der Waals surface area contributed by atoms with Gasteiger partial charge in [-0.1, -0.05) is 20.8 Å². The molecule has 0 amide bonds. The van der Waals surface area contributed by atoms with Gasteiger partial charge in [0.05, 0.1) is 17.4 Å². The first-order valence-corrected chi connectivity index (χ1v) is 6.77. The summed E-state index contributed by atoms with van der Waals surface area (Å²) in [6.45, 7) is 6.19. The summed E-state index contributed by atoms with van der Waals surface area (Å²) in [5.74, 6) is 0. The minimum Gasteiger partial charge on any atom is -0.390 e. The van der Waals surface area contributed by atoms with Gasteiger partial charge in [0.2, 0.25) is 0 Å². The fourth-order valence-corrected chi connectivity index (χ4v) is 2.47. The molecule has 0 fully saturated rings. The number of aromatic nitrogens is 2. The molecule has 0 saturated heterocycles. The minimum atomic E-state index is -0.502. The first kappa shape index (κ1) is 15.2. The van der Waals surface area contributed by atoms with Crippen molar-refractivity contribution in [3.05, 3.63) is 17.5 Å². The highest BCUT2D eigenvalue weighted by molar-refractivity contribution is 5.12. The van der Waals surface area contributed by atoms with E-state index in [9.17, 15) is 5.11 Å². The number of aliphatic hydroxyl groups is 1. The summed E-state index contributed by atoms with van der Waals surface area (Å²) in [5.41, 5.74) is 1.68. The summed E-state index contributed by atoms with van der Waals surface area (Å²) in [5, 5.41) is 14.9. The van der Waals surface area contributed by atoms with E-state index in [1.54, 1.807) is 7.11 Å². The molecule has 1 rings (SSSR count). The summed E-state index contributed by atoms with van der Waals surface area (Å²) in [7, 11) is 3.60. The Balaban J connectivity index is 2.85. The largest absolute Gasteiger partial charge is 0.390 e. The van der Waals surface area contributed by atoms with Crippen molar-refractivity contribution in [2.24, 2.45) is 7.05 Å². The van der Waals surface area contributed by atoms with E-state index >= 15 is 0 Å². The van der Waals surface area contributed by atoms with E-state index in [1.807, 2.05) is 11.7 Å². The van der Waals surface area contributed by atoms with Crippen molar-refractivity contribution < 1.29 is 9.84 Å². The number of aryl methyl sites for hydroxylation is 2. The minimum absolute atomic E-state index is 0.448. The van der Waals surface area contributed by atoms with Crippen molar-refractivity contribution in [2.75, 3.05) is 7.11 Å². The van der Waals surface area contributed by atoms with Gasteiger partial charge in [-0.3, -0.25) is 4.68 Å². The molecular formula is C14H26N2O2. The molecule has 0 spiro atoms. The lowest BCUT2D eigenvalue weighted by atomic mass is 9.87. The van der Waals surface area contributed by atoms with Gasteiger partial charge in [0.1, 0.15) is 0 Å². The monoisotopic (exact) mass is 254 g/mol. The van der Waals surface area contributed by atoms with E-state index in [2.05, 4.69) is 31.9 Å². The van der Waals surface area contributed by atoms with Crippen LogP contribution >= 0.6 is 0 Å². The zero-order valence-electron chi connectivity index (χ0n) is 12.2. The second-order valence-corrected chi connectivity index (χ2v) is 4.80. The van der Waals surface area contributed by atoms with Crippen LogP contribution in [0.1, 0.15) is 45.0 Å². The molecule has 1 aromatic heterocycles. The van der Waals surface area contributed by atoms with Crippen LogP contribution in [0.4, 0.5) is 0 Å². The summed E-state index contributed by atoms with van der Waals surface area (Å²) in [4.78, 5) is 0. The summed E-state index contributed by atoms with van der Waals surface area (Å²) in [6.07, 6.45) is 2.61. The van der Waals surface area contributed by atoms with Gasteiger partial charge in [-0.25, -0.2) is 0 Å². The smallest absolute Gasteiger partial charge is 0.0935 e. The van der Waals surface area contributed by atoms with Crippen LogP contribution in [0.15, 0.2) is 6.07 Å². The highest BCUT2D eigenvalue weighted by Crippen LogP contribution is 2.26. The number of nitrogens with zero attached hydrogens (tertiary/aromatic N) is 2. The molecule has 18 heavy (non-hydrogen) atoms. The first-order chi connectivity index (χ1) is 8.52. The fraction of sp³-hybridized carbons (Fsp3) is 0.786. The van der Waals surface area contributed by atoms with Crippen LogP contribution < -0.4 is 0 Å². The average Bonchev–Trinajstić information content (AvgIpc) is 2.73. The van der Waals surface area contributed by atoms with E-state index in [0.29, 0.717) is 6.42 Å². The Kier molecular flexibility index (Phi) is 5.35. The van der Waals surface area contributed by atoms with Crippen LogP contribution in [0.5, 0.6) is 0 Å². The second kappa shape index (κ2) is 6.34. The Hall–Kier alpha value is -0.870. The van der Waals surface area contributed by atoms with Gasteiger partial charge in [0.25, 0.3) is 0 Å². The molecule has 1 atom stereocenters. The standard InChI is InChI=1S/C14H26N2O2/c1-6-11-9-12(16(4)15-11)10-13(17)14(7-2,8-3)18-5/h9,13,17H,6-8,10H2,1-5H3. The van der Waals surface area contributed by atoms with E-state index in [-0.39, 0.29) is 0 Å². The SMILES string of the molecule is CCc1cc(CC(O)C(CC)(CC)OC)n(C)n1. The summed E-state index contributed by atoms with van der Waals surface area (Å²) >= 11 is 0. The maximum Gasteiger partial charge on any atom is 0.0935 e. The fourth-order valence-electron chi connectivity index (χ4n) is 2.47. The Morgan fingerprint density at radius 1 is 1.39 bits per heavy atom. The maximum atomic E-state index is 10.5. The molecule has 104 valence electrons. The van der Waals surface area contributed by atoms with Gasteiger partial charge in [-0.15, -0.1) is 0 Å². The highest BCUT2D eigenvalue weighted by atomic mass is 16.5. The number of aliphatic hydroxyl groups excluding tert-OH is 1. The van der Waals surface area contributed by atoms with E-state index in [0.717, 1.165) is 30.7 Å². The van der Waals surface area contributed by atoms with Gasteiger partial charge in [-0.05, 0) is 25.3 Å². The zero-order valence-corrected chi connectivity index (χ0v) is 12.2. The average molecular weight is 254 g/mol. The molecule has 0 aliphatic carbocycles. The Bertz CT molecular complexity index is 362. The molecule has 0 saturated carbocycles. The van der Waals surface area contributed by atoms with Crippen LogP contribution in [-0.2, 0) is 24.6 Å². The molecule has 0 radical (unpaired) electrons. The molecule has 0 aromatic carbocycles. The van der Waals surface area contributed by atoms with Gasteiger partial charge in [0.15, 0.2) is 0 Å². The van der Waals surface area contributed by atoms with Crippen LogP contribution in [0.25, 0.3) is 0 Å². The van der Waals surface area contributed by atoms with Crippen LogP contribution in [0.3, 0.4) is 0 Å². The van der Waals surface area contributed by atoms with E-state index in [1.165, 1.54) is 0 Å². The number of rotatable bonds is 7. The highest BCUT2D eigenvalue weighted by Gasteiger charge is 2.35. The van der Waals surface area contributed by atoms with E-state index < -0.39 is 11.7 Å². The van der Waals surface area contributed by atoms with Crippen molar-refractivity contribution in [1.82, 2.24) is 9.78 Å². The van der Waals surface area contributed by atoms with Crippen molar-refractivity contribution in [2.45, 2.75) is 58.2 Å². The molecule has 1 aromatic rings. The van der Waals surface area contributed by atoms with E-state index in [4.69, 9.17) is 4.74 Å². The lowest BCUT2D eigenvalue weighted by molar-refractivity contribution is -0.107. The molecule has 0 bridgehead atoms. The molecule has 1 N–H and O–H groups in total. The third-order valence-electron chi connectivity index (χ3n) is 4.00. The lowest BCUT2D eigenvalue weighted by Crippen LogP contribution is -2.44. The van der Waals surface area contributed by atoms with Crippen LogP contribution in [0, 0.1) is 0 Å². The third-order valence-corrected chi connectivity index (χ3v) is 4.00. The van der Waals surface area contributed by atoms with Gasteiger partial charge in [0, 0.05) is 26.3 Å². The molecule has 4 nitrogen and oxygen atoms in total. The predicted octanol–water partition coefficient (Wildman–Crippen LogP) is 2.09.